The molecule has 9 nitrogen and oxygen atoms in total. The quantitative estimate of drug-likeness (QED) is 0.654. The Kier molecular flexibility index (Phi) is 6.20. The lowest BCUT2D eigenvalue weighted by Crippen LogP contribution is -2.16. The Labute approximate surface area is 173 Å². The van der Waals surface area contributed by atoms with Gasteiger partial charge in [-0.3, -0.25) is 4.79 Å². The molecule has 0 spiro atoms. The number of ether oxygens (including phenoxy) is 6. The SMILES string of the molecule is COc1cc(NC(=O)C[C@@H]2OC(=O)c3c2ccc(OC)c3OC)cc(OC)c1OC. The molecule has 0 saturated carbocycles. The Morgan fingerprint density at radius 2 is 1.50 bits per heavy atom. The molecule has 2 aromatic rings. The minimum absolute atomic E-state index is 0.0785. The zero-order valence-electron chi connectivity index (χ0n) is 17.4. The molecular weight excluding hydrogens is 394 g/mol. The maximum absolute atomic E-state index is 12.6. The highest BCUT2D eigenvalue weighted by Gasteiger charge is 2.37. The molecule has 0 aliphatic carbocycles. The molecule has 0 unspecified atom stereocenters. The van der Waals surface area contributed by atoms with Gasteiger partial charge in [-0.15, -0.1) is 0 Å². The lowest BCUT2D eigenvalue weighted by Gasteiger charge is -2.15. The van der Waals surface area contributed by atoms with Gasteiger partial charge in [0.1, 0.15) is 11.7 Å². The summed E-state index contributed by atoms with van der Waals surface area (Å²) in [6.07, 6.45) is -0.820. The van der Waals surface area contributed by atoms with Gasteiger partial charge in [0.15, 0.2) is 23.0 Å². The van der Waals surface area contributed by atoms with Crippen LogP contribution in [-0.2, 0) is 9.53 Å². The minimum Gasteiger partial charge on any atom is -0.493 e. The molecule has 0 aromatic heterocycles. The molecule has 1 aliphatic heterocycles. The fraction of sp³-hybridized carbons (Fsp3) is 0.333. The number of hydrogen-bond acceptors (Lipinski definition) is 8. The minimum atomic E-state index is -0.741. The van der Waals surface area contributed by atoms with E-state index in [1.807, 2.05) is 0 Å². The van der Waals surface area contributed by atoms with Crippen molar-refractivity contribution in [2.75, 3.05) is 40.9 Å². The smallest absolute Gasteiger partial charge is 0.343 e. The van der Waals surface area contributed by atoms with Crippen LogP contribution in [0.3, 0.4) is 0 Å². The number of anilines is 1. The van der Waals surface area contributed by atoms with Crippen LogP contribution in [-0.4, -0.2) is 47.4 Å². The van der Waals surface area contributed by atoms with Gasteiger partial charge in [-0.25, -0.2) is 4.79 Å². The van der Waals surface area contributed by atoms with Gasteiger partial charge in [0, 0.05) is 23.4 Å². The summed E-state index contributed by atoms with van der Waals surface area (Å²) in [4.78, 5) is 25.0. The topological polar surface area (TPSA) is 102 Å². The molecule has 160 valence electrons. The summed E-state index contributed by atoms with van der Waals surface area (Å²) in [5, 5.41) is 2.76. The van der Waals surface area contributed by atoms with Crippen molar-refractivity contribution in [3.05, 3.63) is 35.4 Å². The van der Waals surface area contributed by atoms with E-state index in [0.29, 0.717) is 34.2 Å². The van der Waals surface area contributed by atoms with E-state index in [4.69, 9.17) is 28.4 Å². The fourth-order valence-electron chi connectivity index (χ4n) is 3.36. The van der Waals surface area contributed by atoms with E-state index in [1.165, 1.54) is 35.5 Å². The molecule has 3 rings (SSSR count). The average Bonchev–Trinajstić information content (AvgIpc) is 3.07. The zero-order valence-corrected chi connectivity index (χ0v) is 17.4. The van der Waals surface area contributed by atoms with Crippen LogP contribution in [0.25, 0.3) is 0 Å². The largest absolute Gasteiger partial charge is 0.493 e. The van der Waals surface area contributed by atoms with Crippen molar-refractivity contribution in [2.45, 2.75) is 12.5 Å². The first-order valence-electron chi connectivity index (χ1n) is 9.03. The third-order valence-electron chi connectivity index (χ3n) is 4.70. The molecule has 0 bridgehead atoms. The van der Waals surface area contributed by atoms with Gasteiger partial charge in [-0.05, 0) is 6.07 Å². The Hall–Kier alpha value is -3.62. The lowest BCUT2D eigenvalue weighted by molar-refractivity contribution is -0.118. The van der Waals surface area contributed by atoms with Crippen molar-refractivity contribution in [3.8, 4) is 28.7 Å². The summed E-state index contributed by atoms with van der Waals surface area (Å²) >= 11 is 0. The van der Waals surface area contributed by atoms with Gasteiger partial charge in [-0.1, -0.05) is 6.07 Å². The summed E-state index contributed by atoms with van der Waals surface area (Å²) in [5.74, 6) is 1.00. The highest BCUT2D eigenvalue weighted by Crippen LogP contribution is 2.43. The van der Waals surface area contributed by atoms with Crippen LogP contribution in [0.5, 0.6) is 28.7 Å². The number of benzene rings is 2. The highest BCUT2D eigenvalue weighted by atomic mass is 16.6. The number of cyclic esters (lactones) is 1. The maximum atomic E-state index is 12.6. The number of carbonyl (C=O) groups is 2. The number of esters is 1. The molecule has 0 fully saturated rings. The number of amides is 1. The maximum Gasteiger partial charge on any atom is 0.343 e. The molecule has 30 heavy (non-hydrogen) atoms. The van der Waals surface area contributed by atoms with Gasteiger partial charge < -0.3 is 33.7 Å². The lowest BCUT2D eigenvalue weighted by atomic mass is 10.0. The number of nitrogens with one attached hydrogen (secondary N) is 1. The first kappa shape index (κ1) is 21.1. The van der Waals surface area contributed by atoms with E-state index in [0.717, 1.165) is 0 Å². The van der Waals surface area contributed by atoms with Crippen molar-refractivity contribution in [2.24, 2.45) is 0 Å². The van der Waals surface area contributed by atoms with Gasteiger partial charge in [-0.2, -0.15) is 0 Å². The van der Waals surface area contributed by atoms with Gasteiger partial charge >= 0.3 is 5.97 Å². The van der Waals surface area contributed by atoms with Gasteiger partial charge in [0.05, 0.1) is 42.0 Å². The molecular formula is C21H23NO8. The van der Waals surface area contributed by atoms with Crippen LogP contribution in [0.15, 0.2) is 24.3 Å². The molecule has 9 heteroatoms. The van der Waals surface area contributed by atoms with E-state index in [9.17, 15) is 9.59 Å². The summed E-state index contributed by atoms with van der Waals surface area (Å²) < 4.78 is 31.8. The molecule has 1 atom stereocenters. The summed E-state index contributed by atoms with van der Waals surface area (Å²) in [7, 11) is 7.38. The van der Waals surface area contributed by atoms with Crippen LogP contribution >= 0.6 is 0 Å². The van der Waals surface area contributed by atoms with Crippen LogP contribution < -0.4 is 29.0 Å². The van der Waals surface area contributed by atoms with Crippen molar-refractivity contribution in [1.29, 1.82) is 0 Å². The third kappa shape index (κ3) is 3.78. The van der Waals surface area contributed by atoms with Crippen molar-refractivity contribution >= 4 is 17.6 Å². The Morgan fingerprint density at radius 3 is 2.03 bits per heavy atom. The van der Waals surface area contributed by atoms with Crippen LogP contribution in [0.2, 0.25) is 0 Å². The van der Waals surface area contributed by atoms with E-state index < -0.39 is 12.1 Å². The summed E-state index contributed by atoms with van der Waals surface area (Å²) in [5.41, 5.74) is 1.28. The van der Waals surface area contributed by atoms with E-state index >= 15 is 0 Å². The average molecular weight is 417 g/mol. The standard InChI is InChI=1S/C21H23NO8/c1-25-13-7-6-12-14(30-21(24)18(12)20(13)29-5)10-17(23)22-11-8-15(26-2)19(28-4)16(9-11)27-3/h6-9,14H,10H2,1-5H3,(H,22,23)/t14-/m0/s1. The van der Waals surface area contributed by atoms with E-state index in [-0.39, 0.29) is 23.6 Å². The van der Waals surface area contributed by atoms with Gasteiger partial charge in [0.2, 0.25) is 11.7 Å². The first-order chi connectivity index (χ1) is 14.5. The number of carbonyl (C=O) groups excluding carboxylic acids is 2. The second-order valence-electron chi connectivity index (χ2n) is 6.33. The Balaban J connectivity index is 1.81. The number of fused-ring (bicyclic) bond motifs is 1. The fourth-order valence-corrected chi connectivity index (χ4v) is 3.36. The van der Waals surface area contributed by atoms with Crippen molar-refractivity contribution in [3.63, 3.8) is 0 Å². The van der Waals surface area contributed by atoms with E-state index in [2.05, 4.69) is 5.32 Å². The Morgan fingerprint density at radius 1 is 0.900 bits per heavy atom. The molecule has 0 saturated heterocycles. The predicted molar refractivity (Wildman–Crippen MR) is 107 cm³/mol. The van der Waals surface area contributed by atoms with Crippen molar-refractivity contribution < 1.29 is 38.0 Å². The predicted octanol–water partition coefficient (Wildman–Crippen LogP) is 2.97. The van der Waals surface area contributed by atoms with Gasteiger partial charge in [0.25, 0.3) is 0 Å². The first-order valence-corrected chi connectivity index (χ1v) is 9.03. The third-order valence-corrected chi connectivity index (χ3v) is 4.70. The second kappa shape index (κ2) is 8.81. The normalized spacial score (nSPS) is 14.4. The van der Waals surface area contributed by atoms with Crippen LogP contribution in [0.1, 0.15) is 28.4 Å². The molecule has 2 aromatic carbocycles. The zero-order chi connectivity index (χ0) is 21.8. The molecule has 1 N–H and O–H groups in total. The van der Waals surface area contributed by atoms with E-state index in [1.54, 1.807) is 24.3 Å². The molecule has 0 radical (unpaired) electrons. The monoisotopic (exact) mass is 417 g/mol. The molecule has 1 heterocycles. The molecule has 1 aliphatic rings. The summed E-state index contributed by atoms with van der Waals surface area (Å²) in [6, 6.07) is 6.59. The second-order valence-corrected chi connectivity index (χ2v) is 6.33. The number of methoxy groups -OCH3 is 5. The van der Waals surface area contributed by atoms with Crippen molar-refractivity contribution in [1.82, 2.24) is 0 Å². The molecule has 1 amide bonds. The summed E-state index contributed by atoms with van der Waals surface area (Å²) in [6.45, 7) is 0. The highest BCUT2D eigenvalue weighted by molar-refractivity contribution is 5.99. The van der Waals surface area contributed by atoms with Crippen LogP contribution in [0.4, 0.5) is 5.69 Å². The number of rotatable bonds is 8. The Bertz CT molecular complexity index is 947. The number of hydrogen-bond donors (Lipinski definition) is 1. The van der Waals surface area contributed by atoms with Crippen LogP contribution in [0, 0.1) is 0 Å².